The van der Waals surface area contributed by atoms with Gasteiger partial charge in [-0.3, -0.25) is 9.59 Å². The van der Waals surface area contributed by atoms with Crippen LogP contribution < -0.4 is 10.1 Å². The molecule has 5 rings (SSSR count). The van der Waals surface area contributed by atoms with Crippen LogP contribution >= 0.6 is 0 Å². The summed E-state index contributed by atoms with van der Waals surface area (Å²) in [5.74, 6) is -2.25. The first-order valence-corrected chi connectivity index (χ1v) is 11.9. The normalized spacial score (nSPS) is 19.3. The molecule has 0 unspecified atom stereocenters. The van der Waals surface area contributed by atoms with E-state index in [1.165, 1.54) is 11.6 Å². The van der Waals surface area contributed by atoms with Crippen LogP contribution in [0.5, 0.6) is 5.75 Å². The summed E-state index contributed by atoms with van der Waals surface area (Å²) in [6.45, 7) is 2.22. The van der Waals surface area contributed by atoms with Crippen LogP contribution in [0.25, 0.3) is 0 Å². The minimum Gasteiger partial charge on any atom is -0.480 e. The van der Waals surface area contributed by atoms with Crippen molar-refractivity contribution < 1.29 is 23.1 Å². The Balaban J connectivity index is 1.47. The van der Waals surface area contributed by atoms with Crippen LogP contribution in [0.1, 0.15) is 59.3 Å². The number of hydrogen-bond acceptors (Lipinski definition) is 3. The molecular formula is C28H26F2N2O3. The van der Waals surface area contributed by atoms with E-state index in [4.69, 9.17) is 4.74 Å². The number of ether oxygens (including phenoxy) is 1. The summed E-state index contributed by atoms with van der Waals surface area (Å²) in [6, 6.07) is 16.4. The zero-order chi connectivity index (χ0) is 24.5. The van der Waals surface area contributed by atoms with E-state index in [-0.39, 0.29) is 11.9 Å². The fourth-order valence-electron chi connectivity index (χ4n) is 5.03. The Morgan fingerprint density at radius 2 is 1.83 bits per heavy atom. The molecule has 1 aliphatic carbocycles. The predicted octanol–water partition coefficient (Wildman–Crippen LogP) is 5.79. The third kappa shape index (κ3) is 4.38. The van der Waals surface area contributed by atoms with Crippen LogP contribution in [0.15, 0.2) is 60.7 Å². The molecular weight excluding hydrogens is 450 g/mol. The lowest BCUT2D eigenvalue weighted by Gasteiger charge is -2.36. The van der Waals surface area contributed by atoms with Gasteiger partial charge in [0.2, 0.25) is 0 Å². The monoisotopic (exact) mass is 476 g/mol. The standard InChI is InChI=1S/C28H26F2N2O3/c1-2-24-28(34)32(23-12-5-8-17-7-3-4-9-20(17)23)16-18-15-19(13-14-25(18)35-24)31-27(33)26-21(29)10-6-11-22(26)30/h3-4,6-7,9-11,13-15,23-24H,2,5,8,12,16H2,1H3,(H,31,33)/t23-,24-/m0/s1. The molecule has 3 aromatic rings. The summed E-state index contributed by atoms with van der Waals surface area (Å²) in [6.07, 6.45) is 2.74. The molecule has 0 fully saturated rings. The van der Waals surface area contributed by atoms with E-state index in [0.717, 1.165) is 42.5 Å². The molecule has 2 amide bonds. The number of carbonyl (C=O) groups is 2. The van der Waals surface area contributed by atoms with Gasteiger partial charge in [-0.05, 0) is 67.1 Å². The molecule has 3 aromatic carbocycles. The number of halogens is 2. The molecule has 1 aliphatic heterocycles. The zero-order valence-corrected chi connectivity index (χ0v) is 19.4. The van der Waals surface area contributed by atoms with Crippen molar-refractivity contribution in [2.75, 3.05) is 5.32 Å². The van der Waals surface area contributed by atoms with Crippen molar-refractivity contribution in [3.05, 3.63) is 94.6 Å². The third-order valence-electron chi connectivity index (χ3n) is 6.76. The van der Waals surface area contributed by atoms with E-state index in [9.17, 15) is 18.4 Å². The smallest absolute Gasteiger partial charge is 0.264 e. The Labute approximate surface area is 202 Å². The van der Waals surface area contributed by atoms with Crippen molar-refractivity contribution in [1.29, 1.82) is 0 Å². The van der Waals surface area contributed by atoms with Gasteiger partial charge >= 0.3 is 0 Å². The fourth-order valence-corrected chi connectivity index (χ4v) is 5.03. The number of nitrogens with zero attached hydrogens (tertiary/aromatic N) is 1. The van der Waals surface area contributed by atoms with Gasteiger partial charge in [-0.1, -0.05) is 37.3 Å². The summed E-state index contributed by atoms with van der Waals surface area (Å²) in [5, 5.41) is 2.58. The highest BCUT2D eigenvalue weighted by atomic mass is 19.1. The predicted molar refractivity (Wildman–Crippen MR) is 128 cm³/mol. The molecule has 35 heavy (non-hydrogen) atoms. The SMILES string of the molecule is CC[C@@H]1Oc2ccc(NC(=O)c3c(F)cccc3F)cc2CN([C@H]2CCCc3ccccc32)C1=O. The largest absolute Gasteiger partial charge is 0.480 e. The fraction of sp³-hybridized carbons (Fsp3) is 0.286. The van der Waals surface area contributed by atoms with Crippen molar-refractivity contribution in [2.24, 2.45) is 0 Å². The topological polar surface area (TPSA) is 58.6 Å². The lowest BCUT2D eigenvalue weighted by Crippen LogP contribution is -2.42. The van der Waals surface area contributed by atoms with Crippen molar-refractivity contribution in [3.8, 4) is 5.75 Å². The molecule has 1 N–H and O–H groups in total. The lowest BCUT2D eigenvalue weighted by molar-refractivity contribution is -0.141. The number of aryl methyl sites for hydroxylation is 1. The summed E-state index contributed by atoms with van der Waals surface area (Å²) in [4.78, 5) is 28.0. The van der Waals surface area contributed by atoms with Gasteiger partial charge in [-0.15, -0.1) is 0 Å². The molecule has 5 nitrogen and oxygen atoms in total. The first-order chi connectivity index (χ1) is 17.0. The van der Waals surface area contributed by atoms with Crippen LogP contribution in [0.3, 0.4) is 0 Å². The highest BCUT2D eigenvalue weighted by Gasteiger charge is 2.36. The minimum atomic E-state index is -0.931. The maximum Gasteiger partial charge on any atom is 0.264 e. The average molecular weight is 477 g/mol. The Morgan fingerprint density at radius 1 is 1.06 bits per heavy atom. The summed E-state index contributed by atoms with van der Waals surface area (Å²) in [5.41, 5.74) is 2.86. The first kappa shape index (κ1) is 23.0. The number of hydrogen-bond donors (Lipinski definition) is 1. The van der Waals surface area contributed by atoms with Gasteiger partial charge in [-0.2, -0.15) is 0 Å². The highest BCUT2D eigenvalue weighted by molar-refractivity contribution is 6.04. The molecule has 2 atom stereocenters. The number of nitrogens with one attached hydrogen (secondary N) is 1. The van der Waals surface area contributed by atoms with Gasteiger partial charge in [-0.25, -0.2) is 8.78 Å². The highest BCUT2D eigenvalue weighted by Crippen LogP contribution is 2.39. The van der Waals surface area contributed by atoms with Gasteiger partial charge in [0, 0.05) is 11.3 Å². The third-order valence-corrected chi connectivity index (χ3v) is 6.76. The second-order valence-electron chi connectivity index (χ2n) is 8.96. The average Bonchev–Trinajstić information content (AvgIpc) is 2.99. The minimum absolute atomic E-state index is 0.0654. The number of benzene rings is 3. The molecule has 0 saturated heterocycles. The van der Waals surface area contributed by atoms with Crippen molar-refractivity contribution >= 4 is 17.5 Å². The molecule has 1 heterocycles. The zero-order valence-electron chi connectivity index (χ0n) is 19.4. The van der Waals surface area contributed by atoms with Crippen LogP contribution in [-0.4, -0.2) is 22.8 Å². The Morgan fingerprint density at radius 3 is 2.60 bits per heavy atom. The van der Waals surface area contributed by atoms with Crippen LogP contribution in [0.2, 0.25) is 0 Å². The summed E-state index contributed by atoms with van der Waals surface area (Å²) < 4.78 is 34.2. The van der Waals surface area contributed by atoms with E-state index < -0.39 is 29.2 Å². The Hall–Kier alpha value is -3.74. The van der Waals surface area contributed by atoms with Gasteiger partial charge in [0.25, 0.3) is 11.8 Å². The molecule has 0 radical (unpaired) electrons. The van der Waals surface area contributed by atoms with Crippen molar-refractivity contribution in [3.63, 3.8) is 0 Å². The van der Waals surface area contributed by atoms with E-state index in [0.29, 0.717) is 24.4 Å². The van der Waals surface area contributed by atoms with Crippen molar-refractivity contribution in [2.45, 2.75) is 51.3 Å². The van der Waals surface area contributed by atoms with Crippen LogP contribution in [0.4, 0.5) is 14.5 Å². The van der Waals surface area contributed by atoms with Gasteiger partial charge < -0.3 is 15.0 Å². The van der Waals surface area contributed by atoms with E-state index in [1.807, 2.05) is 24.0 Å². The second-order valence-corrected chi connectivity index (χ2v) is 8.96. The quantitative estimate of drug-likeness (QED) is 0.518. The molecule has 0 aromatic heterocycles. The first-order valence-electron chi connectivity index (χ1n) is 11.9. The molecule has 180 valence electrons. The van der Waals surface area contributed by atoms with Gasteiger partial charge in [0.15, 0.2) is 6.10 Å². The summed E-state index contributed by atoms with van der Waals surface area (Å²) in [7, 11) is 0. The van der Waals surface area contributed by atoms with E-state index in [1.54, 1.807) is 18.2 Å². The molecule has 0 spiro atoms. The maximum absolute atomic E-state index is 14.1. The van der Waals surface area contributed by atoms with E-state index >= 15 is 0 Å². The number of rotatable bonds is 4. The molecule has 7 heteroatoms. The Kier molecular flexibility index (Phi) is 6.24. The molecule has 0 bridgehead atoms. The molecule has 0 saturated carbocycles. The number of amides is 2. The van der Waals surface area contributed by atoms with Gasteiger partial charge in [0.05, 0.1) is 12.6 Å². The maximum atomic E-state index is 14.1. The van der Waals surface area contributed by atoms with Crippen molar-refractivity contribution in [1.82, 2.24) is 4.90 Å². The lowest BCUT2D eigenvalue weighted by atomic mass is 9.86. The molecule has 2 aliphatic rings. The number of anilines is 1. The second kappa shape index (κ2) is 9.49. The number of fused-ring (bicyclic) bond motifs is 2. The van der Waals surface area contributed by atoms with Crippen LogP contribution in [-0.2, 0) is 17.8 Å². The Bertz CT molecular complexity index is 1270. The van der Waals surface area contributed by atoms with Gasteiger partial charge in [0.1, 0.15) is 22.9 Å². The van der Waals surface area contributed by atoms with Crippen LogP contribution in [0, 0.1) is 11.6 Å². The summed E-state index contributed by atoms with van der Waals surface area (Å²) >= 11 is 0. The van der Waals surface area contributed by atoms with E-state index in [2.05, 4.69) is 17.4 Å². The number of carbonyl (C=O) groups excluding carboxylic acids is 2.